The summed E-state index contributed by atoms with van der Waals surface area (Å²) in [7, 11) is 0. The molecule has 0 fully saturated rings. The lowest BCUT2D eigenvalue weighted by atomic mass is 9.82. The van der Waals surface area contributed by atoms with Crippen LogP contribution in [0, 0.1) is 91.0 Å². The molecule has 16 heteroatoms. The molecule has 0 spiro atoms. The first-order valence-corrected chi connectivity index (χ1v) is 38.8. The predicted octanol–water partition coefficient (Wildman–Crippen LogP) is 28.6. The smallest absolute Gasteiger partial charge is 0.179 e. The van der Waals surface area contributed by atoms with Gasteiger partial charge in [-0.3, -0.25) is 0 Å². The van der Waals surface area contributed by atoms with Gasteiger partial charge in [-0.2, -0.15) is 36.8 Å². The Labute approximate surface area is 696 Å². The molecule has 588 valence electrons. The third kappa shape index (κ3) is 27.7. The van der Waals surface area contributed by atoms with Crippen LogP contribution in [0.5, 0.6) is 11.5 Å². The van der Waals surface area contributed by atoms with Crippen molar-refractivity contribution >= 4 is 79.5 Å². The first-order valence-electron chi connectivity index (χ1n) is 36.9. The molecule has 0 aromatic heterocycles. The van der Waals surface area contributed by atoms with Crippen molar-refractivity contribution in [2.24, 2.45) is 0 Å². The average molecular weight is 1620 g/mol. The summed E-state index contributed by atoms with van der Waals surface area (Å²) >= 11 is 30.2. The Hall–Kier alpha value is -9.94. The van der Waals surface area contributed by atoms with E-state index < -0.39 is 0 Å². The fraction of sp³-hybridized carbons (Fsp3) is 0.351. The van der Waals surface area contributed by atoms with E-state index in [0.29, 0.717) is 72.8 Å². The van der Waals surface area contributed by atoms with Crippen molar-refractivity contribution in [2.75, 3.05) is 13.2 Å². The Bertz CT molecular complexity index is 5220. The lowest BCUT2D eigenvalue weighted by Gasteiger charge is -2.27. The van der Waals surface area contributed by atoms with E-state index in [4.69, 9.17) is 104 Å². The molecule has 0 N–H and O–H groups in total. The van der Waals surface area contributed by atoms with Crippen molar-refractivity contribution in [1.82, 2.24) is 0 Å². The van der Waals surface area contributed by atoms with Crippen LogP contribution in [0.15, 0.2) is 170 Å². The maximum absolute atomic E-state index is 13.4. The SMILES string of the molecule is CC(C)(C)c1c(Cl)cccc1Cl.CC(C)(C)c1cc(Cl)c(C#N)c2ccc(F)cc12.CC(C)(C)c1ccc(C#N)c(Cl)c1.CC(C)(C)c1ccc(C#N)c2c1OCCO2.CC(C)(C)c1ccc(C#N)c2ccccc12.CC(C)(C)c1ccc(C#N)cc1.CC(C)(C)c1ccc(C#N)cc1Cl.CC(C)(C)c1ccc(C#N)cc1F. The third-order valence-electron chi connectivity index (χ3n) is 17.8. The van der Waals surface area contributed by atoms with E-state index in [0.717, 1.165) is 65.5 Å². The highest BCUT2D eigenvalue weighted by molar-refractivity contribution is 6.36. The predicted molar refractivity (Wildman–Crippen MR) is 465 cm³/mol. The minimum Gasteiger partial charge on any atom is -0.486 e. The Morgan fingerprint density at radius 3 is 1.15 bits per heavy atom. The summed E-state index contributed by atoms with van der Waals surface area (Å²) in [6.45, 7) is 51.3. The topological polar surface area (TPSA) is 185 Å². The lowest BCUT2D eigenvalue weighted by molar-refractivity contribution is 0.167. The molecule has 0 radical (unpaired) electrons. The standard InChI is InChI=1S/C15H13ClFN.C15H15N.C13H15NO2.2C11H12ClN.C11H12FN.C11H13N.C10H12Cl2/c1-15(2,3)13-7-14(16)12(8-18)10-5-4-9(17)6-11(10)13;1-15(2,3)14-9-8-11(10-16)12-6-4-5-7-13(12)14;1-13(2,3)10-5-4-9(8-14)11-12(10)16-7-6-15-11;1-11(2,3)9-5-4-8(7-13)10(12)6-9;2*1-11(2,3)9-5-4-8(7-13)6-10(9)12;1-11(2,3)10-6-4-9(8-12)5-7-10;1-10(2,3)9-7(11)5-4-6-8(9)12/h4-7H,1-3H3;4-9H,1-3H3;4-5H,6-7H2,1-3H3;3*4-6H,1-3H3;4-7H,1-3H3;4-6H,1-3H3. The highest BCUT2D eigenvalue weighted by Gasteiger charge is 2.28. The summed E-state index contributed by atoms with van der Waals surface area (Å²) in [4.78, 5) is 0. The number of fused-ring (bicyclic) bond motifs is 3. The van der Waals surface area contributed by atoms with Crippen LogP contribution >= 0.6 is 58.0 Å². The molecular weight excluding hydrogens is 1510 g/mol. The van der Waals surface area contributed by atoms with E-state index in [2.05, 4.69) is 167 Å². The molecule has 1 aliphatic heterocycles. The van der Waals surface area contributed by atoms with Crippen molar-refractivity contribution in [2.45, 2.75) is 209 Å². The van der Waals surface area contributed by atoms with Crippen LogP contribution in [0.4, 0.5) is 8.78 Å². The number of halogens is 7. The summed E-state index contributed by atoms with van der Waals surface area (Å²) in [6, 6.07) is 65.6. The molecule has 0 saturated carbocycles. The van der Waals surface area contributed by atoms with E-state index in [-0.39, 0.29) is 55.0 Å². The van der Waals surface area contributed by atoms with Gasteiger partial charge in [-0.05, 0) is 189 Å². The number of ether oxygens (including phenoxy) is 2. The summed E-state index contributed by atoms with van der Waals surface area (Å²) in [5, 5.41) is 68.5. The second kappa shape index (κ2) is 40.2. The first-order chi connectivity index (χ1) is 52.2. The van der Waals surface area contributed by atoms with Crippen LogP contribution in [-0.4, -0.2) is 13.2 Å². The highest BCUT2D eigenvalue weighted by Crippen LogP contribution is 2.43. The molecule has 1 aliphatic rings. The monoisotopic (exact) mass is 1610 g/mol. The van der Waals surface area contributed by atoms with Crippen LogP contribution in [0.3, 0.4) is 0 Å². The van der Waals surface area contributed by atoms with Gasteiger partial charge in [0.1, 0.15) is 43.1 Å². The van der Waals surface area contributed by atoms with E-state index in [9.17, 15) is 8.78 Å². The number of nitriles is 7. The third-order valence-corrected chi connectivity index (χ3v) is 19.4. The van der Waals surface area contributed by atoms with Crippen molar-refractivity contribution in [3.63, 3.8) is 0 Å². The van der Waals surface area contributed by atoms with Gasteiger partial charge in [0.05, 0.1) is 73.3 Å². The molecule has 1 heterocycles. The summed E-state index contributed by atoms with van der Waals surface area (Å²) in [6.07, 6.45) is 0. The van der Waals surface area contributed by atoms with Gasteiger partial charge in [0.25, 0.3) is 0 Å². The second-order valence-corrected chi connectivity index (χ2v) is 37.3. The first kappa shape index (κ1) is 95.4. The minimum absolute atomic E-state index is 0.00935. The molecule has 11 rings (SSSR count). The van der Waals surface area contributed by atoms with Crippen LogP contribution in [-0.2, 0) is 43.3 Å². The average Bonchev–Trinajstić information content (AvgIpc) is 0.773. The normalized spacial score (nSPS) is 11.7. The van der Waals surface area contributed by atoms with Gasteiger partial charge < -0.3 is 9.47 Å². The summed E-state index contributed by atoms with van der Waals surface area (Å²) in [5.74, 6) is 0.727. The van der Waals surface area contributed by atoms with Gasteiger partial charge >= 0.3 is 0 Å². The molecule has 0 bridgehead atoms. The molecule has 10 aromatic rings. The van der Waals surface area contributed by atoms with Crippen LogP contribution in [0.25, 0.3) is 21.5 Å². The largest absolute Gasteiger partial charge is 0.486 e. The zero-order valence-electron chi connectivity index (χ0n) is 69.7. The minimum atomic E-state index is -0.306. The van der Waals surface area contributed by atoms with Crippen molar-refractivity contribution in [1.29, 1.82) is 36.8 Å². The number of nitrogens with zero attached hydrogens (tertiary/aromatic N) is 7. The van der Waals surface area contributed by atoms with E-state index >= 15 is 0 Å². The molecule has 0 saturated heterocycles. The summed E-state index contributed by atoms with van der Waals surface area (Å²) < 4.78 is 38.0. The van der Waals surface area contributed by atoms with E-state index in [1.807, 2.05) is 145 Å². The van der Waals surface area contributed by atoms with Gasteiger partial charge in [-0.1, -0.05) is 303 Å². The van der Waals surface area contributed by atoms with E-state index in [1.54, 1.807) is 48.5 Å². The number of rotatable bonds is 0. The van der Waals surface area contributed by atoms with Crippen LogP contribution < -0.4 is 9.47 Å². The number of benzene rings is 10. The maximum Gasteiger partial charge on any atom is 0.179 e. The molecule has 113 heavy (non-hydrogen) atoms. The van der Waals surface area contributed by atoms with Gasteiger partial charge in [0.15, 0.2) is 11.5 Å². The Morgan fingerprint density at radius 1 is 0.283 bits per heavy atom. The zero-order valence-corrected chi connectivity index (χ0v) is 73.5. The van der Waals surface area contributed by atoms with Gasteiger partial charge in [-0.15, -0.1) is 0 Å². The fourth-order valence-electron chi connectivity index (χ4n) is 11.7. The van der Waals surface area contributed by atoms with Crippen LogP contribution in [0.2, 0.25) is 25.1 Å². The Morgan fingerprint density at radius 2 is 0.717 bits per heavy atom. The van der Waals surface area contributed by atoms with Gasteiger partial charge in [0.2, 0.25) is 0 Å². The second-order valence-electron chi connectivity index (χ2n) is 35.2. The number of hydrogen-bond donors (Lipinski definition) is 0. The lowest BCUT2D eigenvalue weighted by Crippen LogP contribution is -2.21. The van der Waals surface area contributed by atoms with Gasteiger partial charge in [0, 0.05) is 26.0 Å². The highest BCUT2D eigenvalue weighted by atomic mass is 35.5. The molecule has 9 nitrogen and oxygen atoms in total. The van der Waals surface area contributed by atoms with E-state index in [1.165, 1.54) is 34.7 Å². The van der Waals surface area contributed by atoms with Gasteiger partial charge in [-0.25, -0.2) is 8.78 Å². The molecule has 0 aliphatic carbocycles. The van der Waals surface area contributed by atoms with Crippen molar-refractivity contribution in [3.05, 3.63) is 290 Å². The maximum atomic E-state index is 13.4. The Balaban J connectivity index is 0.000000273. The van der Waals surface area contributed by atoms with Crippen LogP contribution in [0.1, 0.15) is 250 Å². The summed E-state index contributed by atoms with van der Waals surface area (Å²) in [5.41, 5.74) is 12.4. The molecule has 10 aromatic carbocycles. The number of hydrogen-bond acceptors (Lipinski definition) is 9. The molecule has 0 atom stereocenters. The Kier molecular flexibility index (Phi) is 33.9. The fourth-order valence-corrected chi connectivity index (χ4v) is 13.6. The molecule has 0 amide bonds. The molecular formula is C97H104Cl5F2N7O2. The van der Waals surface area contributed by atoms with Crippen molar-refractivity contribution in [3.8, 4) is 54.0 Å². The molecule has 0 unspecified atom stereocenters. The quantitative estimate of drug-likeness (QED) is 0.142. The zero-order chi connectivity index (χ0) is 85.7. The van der Waals surface area contributed by atoms with Crippen molar-refractivity contribution < 1.29 is 18.3 Å².